The van der Waals surface area contributed by atoms with Crippen molar-refractivity contribution in [3.8, 4) is 0 Å². The Kier molecular flexibility index (Phi) is 7.90. The first kappa shape index (κ1) is 20.9. The molecule has 1 heterocycles. The summed E-state index contributed by atoms with van der Waals surface area (Å²) < 4.78 is 1.63. The second kappa shape index (κ2) is 10.6. The fraction of sp³-hybridized carbons (Fsp3) is 0.158. The Bertz CT molecular complexity index is 960. The predicted octanol–water partition coefficient (Wildman–Crippen LogP) is 5.03. The van der Waals surface area contributed by atoms with E-state index in [4.69, 9.17) is 11.6 Å². The number of hydrogen-bond donors (Lipinski definition) is 1. The summed E-state index contributed by atoms with van der Waals surface area (Å²) >= 11 is 10.3. The van der Waals surface area contributed by atoms with E-state index < -0.39 is 0 Å². The average Bonchev–Trinajstić information content (AvgIpc) is 3.14. The van der Waals surface area contributed by atoms with E-state index in [2.05, 4.69) is 20.7 Å². The first-order valence-electron chi connectivity index (χ1n) is 8.30. The lowest BCUT2D eigenvalue weighted by Crippen LogP contribution is -2.19. The van der Waals surface area contributed by atoms with Crippen molar-refractivity contribution in [1.29, 1.82) is 0 Å². The molecule has 0 saturated carbocycles. The molecular formula is C19H17ClN4OS3. The third kappa shape index (κ3) is 6.94. The van der Waals surface area contributed by atoms with Crippen LogP contribution in [0.2, 0.25) is 5.02 Å². The molecule has 0 unspecified atom stereocenters. The average molecular weight is 449 g/mol. The Labute approximate surface area is 181 Å². The van der Waals surface area contributed by atoms with E-state index in [1.54, 1.807) is 18.0 Å². The quantitative estimate of drug-likeness (QED) is 0.297. The Morgan fingerprint density at radius 2 is 1.93 bits per heavy atom. The van der Waals surface area contributed by atoms with Gasteiger partial charge in [-0.3, -0.25) is 4.79 Å². The van der Waals surface area contributed by atoms with E-state index in [9.17, 15) is 4.79 Å². The van der Waals surface area contributed by atoms with Gasteiger partial charge in [0.25, 0.3) is 5.91 Å². The number of hydrogen-bond acceptors (Lipinski definition) is 7. The van der Waals surface area contributed by atoms with Crippen molar-refractivity contribution in [3.63, 3.8) is 0 Å². The number of nitrogens with zero attached hydrogens (tertiary/aromatic N) is 3. The maximum Gasteiger partial charge on any atom is 0.250 e. The van der Waals surface area contributed by atoms with Crippen LogP contribution in [-0.4, -0.2) is 28.1 Å². The molecule has 0 spiro atoms. The molecule has 0 saturated heterocycles. The summed E-state index contributed by atoms with van der Waals surface area (Å²) in [5.41, 5.74) is 5.79. The standard InChI is InChI=1S/C19H17ClN4OS3/c1-13-3-2-4-15(9-13)10-21-22-17(25)12-27-19-24-23-18(28-19)26-11-14-5-7-16(20)8-6-14/h2-10H,11-12H2,1H3,(H,22,25)/b21-10+. The normalized spacial score (nSPS) is 11.1. The number of hydrazone groups is 1. The van der Waals surface area contributed by atoms with Gasteiger partial charge >= 0.3 is 0 Å². The van der Waals surface area contributed by atoms with Crippen molar-refractivity contribution in [3.05, 3.63) is 70.2 Å². The Morgan fingerprint density at radius 3 is 2.68 bits per heavy atom. The summed E-state index contributed by atoms with van der Waals surface area (Å²) in [6.07, 6.45) is 1.63. The monoisotopic (exact) mass is 448 g/mol. The highest BCUT2D eigenvalue weighted by molar-refractivity contribution is 8.03. The van der Waals surface area contributed by atoms with Gasteiger partial charge in [0.15, 0.2) is 8.68 Å². The van der Waals surface area contributed by atoms with E-state index in [0.29, 0.717) is 0 Å². The van der Waals surface area contributed by atoms with Crippen LogP contribution in [0.15, 0.2) is 62.3 Å². The maximum atomic E-state index is 11.9. The molecule has 0 fully saturated rings. The highest BCUT2D eigenvalue weighted by Gasteiger charge is 2.08. The molecule has 0 atom stereocenters. The molecule has 5 nitrogen and oxygen atoms in total. The van der Waals surface area contributed by atoms with Crippen LogP contribution in [0.25, 0.3) is 0 Å². The fourth-order valence-electron chi connectivity index (χ4n) is 2.13. The molecule has 1 N–H and O–H groups in total. The summed E-state index contributed by atoms with van der Waals surface area (Å²) in [5.74, 6) is 0.853. The van der Waals surface area contributed by atoms with Crippen LogP contribution in [0.3, 0.4) is 0 Å². The van der Waals surface area contributed by atoms with Gasteiger partial charge in [0.05, 0.1) is 12.0 Å². The molecule has 0 bridgehead atoms. The van der Waals surface area contributed by atoms with E-state index in [0.717, 1.165) is 30.6 Å². The lowest BCUT2D eigenvalue weighted by molar-refractivity contribution is -0.118. The zero-order valence-corrected chi connectivity index (χ0v) is 18.2. The van der Waals surface area contributed by atoms with Gasteiger partial charge in [-0.1, -0.05) is 88.4 Å². The smallest absolute Gasteiger partial charge is 0.250 e. The molecule has 0 radical (unpaired) electrons. The number of rotatable bonds is 8. The number of aromatic nitrogens is 2. The topological polar surface area (TPSA) is 67.2 Å². The van der Waals surface area contributed by atoms with Gasteiger partial charge < -0.3 is 0 Å². The van der Waals surface area contributed by atoms with Crippen molar-refractivity contribution in [2.75, 3.05) is 5.75 Å². The van der Waals surface area contributed by atoms with Gasteiger partial charge in [-0.15, -0.1) is 10.2 Å². The molecule has 3 aromatic rings. The van der Waals surface area contributed by atoms with Crippen LogP contribution >= 0.6 is 46.5 Å². The van der Waals surface area contributed by atoms with E-state index in [1.807, 2.05) is 55.5 Å². The van der Waals surface area contributed by atoms with Crippen molar-refractivity contribution in [1.82, 2.24) is 15.6 Å². The number of carbonyl (C=O) groups excluding carboxylic acids is 1. The molecular weight excluding hydrogens is 432 g/mol. The number of thioether (sulfide) groups is 2. The molecule has 0 aliphatic heterocycles. The van der Waals surface area contributed by atoms with E-state index >= 15 is 0 Å². The Morgan fingerprint density at radius 1 is 1.18 bits per heavy atom. The molecule has 144 valence electrons. The zero-order chi connectivity index (χ0) is 19.8. The van der Waals surface area contributed by atoms with Crippen LogP contribution in [-0.2, 0) is 10.5 Å². The lowest BCUT2D eigenvalue weighted by Gasteiger charge is -1.98. The number of nitrogens with one attached hydrogen (secondary N) is 1. The second-order valence-electron chi connectivity index (χ2n) is 5.75. The molecule has 1 aromatic heterocycles. The van der Waals surface area contributed by atoms with Gasteiger partial charge in [-0.25, -0.2) is 5.43 Å². The minimum atomic E-state index is -0.181. The van der Waals surface area contributed by atoms with E-state index in [-0.39, 0.29) is 11.7 Å². The van der Waals surface area contributed by atoms with Crippen LogP contribution in [0.5, 0.6) is 0 Å². The summed E-state index contributed by atoms with van der Waals surface area (Å²) in [5, 5.41) is 13.0. The Hall–Kier alpha value is -1.87. The van der Waals surface area contributed by atoms with Gasteiger partial charge in [0.2, 0.25) is 0 Å². The largest absolute Gasteiger partial charge is 0.272 e. The van der Waals surface area contributed by atoms with Crippen LogP contribution in [0.4, 0.5) is 0 Å². The lowest BCUT2D eigenvalue weighted by atomic mass is 10.2. The maximum absolute atomic E-state index is 11.9. The summed E-state index contributed by atoms with van der Waals surface area (Å²) in [4.78, 5) is 11.9. The SMILES string of the molecule is Cc1cccc(/C=N/NC(=O)CSc2nnc(SCc3ccc(Cl)cc3)s2)c1. The summed E-state index contributed by atoms with van der Waals surface area (Å²) in [6, 6.07) is 15.6. The van der Waals surface area contributed by atoms with Gasteiger partial charge in [0, 0.05) is 10.8 Å². The second-order valence-corrected chi connectivity index (χ2v) is 9.60. The summed E-state index contributed by atoms with van der Waals surface area (Å²) in [7, 11) is 0. The third-order valence-electron chi connectivity index (χ3n) is 3.44. The zero-order valence-electron chi connectivity index (χ0n) is 15.0. The van der Waals surface area contributed by atoms with Crippen LogP contribution in [0, 0.1) is 6.92 Å². The Balaban J connectivity index is 1.41. The molecule has 1 amide bonds. The first-order valence-corrected chi connectivity index (χ1v) is 11.5. The highest BCUT2D eigenvalue weighted by Crippen LogP contribution is 2.30. The number of benzene rings is 2. The van der Waals surface area contributed by atoms with Crippen molar-refractivity contribution < 1.29 is 4.79 Å². The first-order chi connectivity index (χ1) is 13.6. The molecule has 0 aliphatic rings. The number of amides is 1. The predicted molar refractivity (Wildman–Crippen MR) is 119 cm³/mol. The molecule has 2 aromatic carbocycles. The van der Waals surface area contributed by atoms with E-state index in [1.165, 1.54) is 28.7 Å². The number of halogens is 1. The van der Waals surface area contributed by atoms with Crippen molar-refractivity contribution >= 4 is 58.6 Å². The van der Waals surface area contributed by atoms with Crippen LogP contribution < -0.4 is 5.43 Å². The molecule has 28 heavy (non-hydrogen) atoms. The molecule has 9 heteroatoms. The van der Waals surface area contributed by atoms with Gasteiger partial charge in [-0.2, -0.15) is 5.10 Å². The highest BCUT2D eigenvalue weighted by atomic mass is 35.5. The van der Waals surface area contributed by atoms with Crippen molar-refractivity contribution in [2.45, 2.75) is 21.4 Å². The fourth-order valence-corrected chi connectivity index (χ4v) is 5.02. The number of aryl methyl sites for hydroxylation is 1. The van der Waals surface area contributed by atoms with Crippen molar-refractivity contribution in [2.24, 2.45) is 5.10 Å². The minimum Gasteiger partial charge on any atom is -0.272 e. The summed E-state index contributed by atoms with van der Waals surface area (Å²) in [6.45, 7) is 2.01. The van der Waals surface area contributed by atoms with Gasteiger partial charge in [0.1, 0.15) is 0 Å². The van der Waals surface area contributed by atoms with Crippen LogP contribution in [0.1, 0.15) is 16.7 Å². The molecule has 0 aliphatic carbocycles. The number of carbonyl (C=O) groups is 1. The minimum absolute atomic E-state index is 0.181. The molecule has 3 rings (SSSR count). The third-order valence-corrected chi connectivity index (χ3v) is 6.95. The van der Waals surface area contributed by atoms with Gasteiger partial charge in [-0.05, 0) is 30.2 Å².